The van der Waals surface area contributed by atoms with E-state index in [0.29, 0.717) is 37.1 Å². The fraction of sp³-hybridized carbons (Fsp3) is 0.529. The smallest absolute Gasteiger partial charge is 0.259 e. The zero-order valence-electron chi connectivity index (χ0n) is 28.8. The number of alkyl halides is 2. The molecule has 1 aliphatic heterocycles. The van der Waals surface area contributed by atoms with Crippen LogP contribution in [-0.2, 0) is 30.8 Å². The fourth-order valence-electron chi connectivity index (χ4n) is 6.56. The third-order valence-electron chi connectivity index (χ3n) is 9.86. The number of amides is 3. The van der Waals surface area contributed by atoms with Crippen molar-refractivity contribution in [2.24, 2.45) is 11.8 Å². The number of tetrazole rings is 1. The summed E-state index contributed by atoms with van der Waals surface area (Å²) in [4.78, 5) is 44.3. The summed E-state index contributed by atoms with van der Waals surface area (Å²) in [5, 5.41) is 17.7. The van der Waals surface area contributed by atoms with Crippen molar-refractivity contribution in [2.45, 2.75) is 81.3 Å². The fourth-order valence-corrected chi connectivity index (χ4v) is 7.92. The second kappa shape index (κ2) is 14.8. The minimum absolute atomic E-state index is 0.0478. The standard InChI is InChI=1S/C34H41F3N8O6S/c1-19(2)28(38-15-14-20-4-8-22(35)9-5-20)32(47)44-18-23(45-41-30(40-43-45)21-6-10-24(51-3)11-7-21)16-27(44)31(46)39-34(17-26(34)29(36)37)33(48)42-52(49,50)25-12-13-25/h4-11,19,23,25-29,38H,12-18H2,1-3H3,(H,39,46)(H,42,48)/t23-,26+,27?,28+,34-/m1/s1. The van der Waals surface area contributed by atoms with Crippen LogP contribution in [0.25, 0.3) is 11.4 Å². The molecule has 1 aromatic heterocycles. The Balaban J connectivity index is 1.24. The molecule has 3 fully saturated rings. The molecule has 5 atom stereocenters. The van der Waals surface area contributed by atoms with Crippen LogP contribution in [0.15, 0.2) is 48.5 Å². The Morgan fingerprint density at radius 3 is 2.35 bits per heavy atom. The second-order valence-corrected chi connectivity index (χ2v) is 15.9. The van der Waals surface area contributed by atoms with Gasteiger partial charge in [-0.05, 0) is 85.3 Å². The van der Waals surface area contributed by atoms with Crippen molar-refractivity contribution in [1.82, 2.24) is 40.5 Å². The highest BCUT2D eigenvalue weighted by molar-refractivity contribution is 7.91. The number of halogens is 3. The number of carbonyl (C=O) groups is 3. The van der Waals surface area contributed by atoms with Crippen molar-refractivity contribution in [1.29, 1.82) is 0 Å². The number of rotatable bonds is 15. The van der Waals surface area contributed by atoms with Gasteiger partial charge < -0.3 is 20.3 Å². The first-order chi connectivity index (χ1) is 24.7. The number of methoxy groups -OCH3 is 1. The van der Waals surface area contributed by atoms with E-state index in [9.17, 15) is 36.0 Å². The number of carbonyl (C=O) groups excluding carboxylic acids is 3. The van der Waals surface area contributed by atoms with Crippen LogP contribution < -0.4 is 20.1 Å². The highest BCUT2D eigenvalue weighted by atomic mass is 32.2. The summed E-state index contributed by atoms with van der Waals surface area (Å²) in [6.45, 7) is 3.95. The quantitative estimate of drug-likeness (QED) is 0.209. The van der Waals surface area contributed by atoms with E-state index in [1.807, 2.05) is 18.6 Å². The Morgan fingerprint density at radius 1 is 1.06 bits per heavy atom. The highest BCUT2D eigenvalue weighted by Gasteiger charge is 2.66. The van der Waals surface area contributed by atoms with Crippen LogP contribution in [0.4, 0.5) is 13.2 Å². The van der Waals surface area contributed by atoms with Crippen molar-refractivity contribution in [3.63, 3.8) is 0 Å². The molecule has 280 valence electrons. The number of nitrogens with zero attached hydrogens (tertiary/aromatic N) is 5. The predicted octanol–water partition coefficient (Wildman–Crippen LogP) is 2.24. The monoisotopic (exact) mass is 746 g/mol. The van der Waals surface area contributed by atoms with Gasteiger partial charge in [-0.15, -0.1) is 10.2 Å². The molecule has 2 aromatic carbocycles. The lowest BCUT2D eigenvalue weighted by atomic mass is 10.0. The molecule has 14 nitrogen and oxygen atoms in total. The molecule has 1 saturated heterocycles. The molecule has 2 saturated carbocycles. The lowest BCUT2D eigenvalue weighted by Crippen LogP contribution is -2.59. The number of ether oxygens (including phenoxy) is 1. The van der Waals surface area contributed by atoms with Crippen LogP contribution >= 0.6 is 0 Å². The van der Waals surface area contributed by atoms with E-state index in [2.05, 4.69) is 26.0 Å². The third kappa shape index (κ3) is 7.91. The SMILES string of the molecule is COc1ccc(-c2nnn([C@@H]3CC(C(=O)N[C@]4(C(=O)NS(=O)(=O)C5CC5)C[C@H]4C(F)F)N(C(=O)[C@@H](NCCc4ccc(F)cc4)C(C)C)C3)n2)cc1. The Bertz CT molecular complexity index is 1890. The number of benzene rings is 2. The van der Waals surface area contributed by atoms with Gasteiger partial charge in [0, 0.05) is 18.5 Å². The van der Waals surface area contributed by atoms with Gasteiger partial charge in [-0.1, -0.05) is 26.0 Å². The summed E-state index contributed by atoms with van der Waals surface area (Å²) < 4.78 is 73.7. The third-order valence-corrected chi connectivity index (χ3v) is 11.7. The maximum atomic E-state index is 14.3. The number of sulfonamides is 1. The van der Waals surface area contributed by atoms with E-state index in [1.165, 1.54) is 28.9 Å². The molecule has 52 heavy (non-hydrogen) atoms. The highest BCUT2D eigenvalue weighted by Crippen LogP contribution is 2.48. The van der Waals surface area contributed by atoms with E-state index in [4.69, 9.17) is 4.74 Å². The van der Waals surface area contributed by atoms with Crippen LogP contribution in [0.3, 0.4) is 0 Å². The molecule has 6 rings (SSSR count). The van der Waals surface area contributed by atoms with E-state index in [1.54, 1.807) is 36.4 Å². The normalized spacial score (nSPS) is 23.5. The van der Waals surface area contributed by atoms with Crippen molar-refractivity contribution in [3.8, 4) is 17.1 Å². The van der Waals surface area contributed by atoms with Gasteiger partial charge in [0.2, 0.25) is 34.1 Å². The number of likely N-dealkylation sites (tertiary alicyclic amines) is 1. The van der Waals surface area contributed by atoms with E-state index in [-0.39, 0.29) is 30.5 Å². The molecule has 3 aromatic rings. The van der Waals surface area contributed by atoms with Gasteiger partial charge in [-0.25, -0.2) is 21.6 Å². The van der Waals surface area contributed by atoms with Gasteiger partial charge in [0.25, 0.3) is 5.91 Å². The molecular weight excluding hydrogens is 705 g/mol. The molecular formula is C34H41F3N8O6S. The van der Waals surface area contributed by atoms with Gasteiger partial charge in [0.05, 0.1) is 30.4 Å². The van der Waals surface area contributed by atoms with Crippen molar-refractivity contribution in [3.05, 3.63) is 59.9 Å². The lowest BCUT2D eigenvalue weighted by molar-refractivity contribution is -0.142. The molecule has 2 heterocycles. The first kappa shape index (κ1) is 37.2. The Labute approximate surface area is 298 Å². The maximum absolute atomic E-state index is 14.3. The lowest BCUT2D eigenvalue weighted by Gasteiger charge is -2.31. The molecule has 3 amide bonds. The summed E-state index contributed by atoms with van der Waals surface area (Å²) in [6.07, 6.45) is -2.37. The van der Waals surface area contributed by atoms with Crippen molar-refractivity contribution in [2.75, 3.05) is 20.2 Å². The van der Waals surface area contributed by atoms with E-state index < -0.39 is 75.4 Å². The minimum atomic E-state index is -4.10. The molecule has 3 N–H and O–H groups in total. The van der Waals surface area contributed by atoms with Gasteiger partial charge in [-0.3, -0.25) is 19.1 Å². The van der Waals surface area contributed by atoms with Crippen LogP contribution in [-0.4, -0.2) is 101 Å². The van der Waals surface area contributed by atoms with Crippen LogP contribution in [0.2, 0.25) is 0 Å². The predicted molar refractivity (Wildman–Crippen MR) is 181 cm³/mol. The minimum Gasteiger partial charge on any atom is -0.497 e. The van der Waals surface area contributed by atoms with E-state index in [0.717, 1.165) is 5.56 Å². The average molecular weight is 747 g/mol. The van der Waals surface area contributed by atoms with Crippen LogP contribution in [0.5, 0.6) is 5.75 Å². The first-order valence-corrected chi connectivity index (χ1v) is 18.7. The van der Waals surface area contributed by atoms with Crippen LogP contribution in [0, 0.1) is 17.7 Å². The van der Waals surface area contributed by atoms with Gasteiger partial charge in [0.1, 0.15) is 23.1 Å². The average Bonchev–Trinajstić information content (AvgIpc) is 4.00. The second-order valence-electron chi connectivity index (χ2n) is 13.9. The molecule has 3 aliphatic rings. The van der Waals surface area contributed by atoms with Gasteiger partial charge in [-0.2, -0.15) is 4.80 Å². The van der Waals surface area contributed by atoms with Gasteiger partial charge in [0.15, 0.2) is 0 Å². The Morgan fingerprint density at radius 2 is 1.75 bits per heavy atom. The Kier molecular flexibility index (Phi) is 10.6. The molecule has 18 heteroatoms. The molecule has 2 aliphatic carbocycles. The maximum Gasteiger partial charge on any atom is 0.259 e. The summed E-state index contributed by atoms with van der Waals surface area (Å²) in [6, 6.07) is 10.2. The molecule has 0 spiro atoms. The Hall–Kier alpha value is -4.58. The summed E-state index contributed by atoms with van der Waals surface area (Å²) in [5.41, 5.74) is -0.686. The zero-order chi connectivity index (χ0) is 37.4. The summed E-state index contributed by atoms with van der Waals surface area (Å²) in [7, 11) is -2.56. The van der Waals surface area contributed by atoms with E-state index >= 15 is 0 Å². The first-order valence-electron chi connectivity index (χ1n) is 17.1. The zero-order valence-corrected chi connectivity index (χ0v) is 29.7. The summed E-state index contributed by atoms with van der Waals surface area (Å²) >= 11 is 0. The van der Waals surface area contributed by atoms with Crippen molar-refractivity contribution >= 4 is 27.7 Å². The molecule has 0 radical (unpaired) electrons. The largest absolute Gasteiger partial charge is 0.497 e. The van der Waals surface area contributed by atoms with Crippen molar-refractivity contribution < 1.29 is 40.7 Å². The number of hydrogen-bond acceptors (Lipinski definition) is 10. The number of aromatic nitrogens is 4. The van der Waals surface area contributed by atoms with Gasteiger partial charge >= 0.3 is 0 Å². The summed E-state index contributed by atoms with van der Waals surface area (Å²) in [5.74, 6) is -3.91. The topological polar surface area (TPSA) is 178 Å². The molecule has 1 unspecified atom stereocenters. The number of hydrogen-bond donors (Lipinski definition) is 3. The van der Waals surface area contributed by atoms with Crippen LogP contribution in [0.1, 0.15) is 51.1 Å². The molecule has 0 bridgehead atoms. The number of nitrogens with one attached hydrogen (secondary N) is 3.